The molecule has 1 aromatic carbocycles. The molecule has 3 atom stereocenters. The molecule has 0 spiro atoms. The maximum Gasteiger partial charge on any atom is 0.150 e. The molecule has 2 rings (SSSR count). The van der Waals surface area contributed by atoms with Crippen LogP contribution in [0.5, 0.6) is 0 Å². The predicted octanol–water partition coefficient (Wildman–Crippen LogP) is 3.60. The topological polar surface area (TPSA) is 60.2 Å². The van der Waals surface area contributed by atoms with E-state index in [0.717, 1.165) is 24.8 Å². The molecule has 20 heavy (non-hydrogen) atoms. The van der Waals surface area contributed by atoms with Gasteiger partial charge in [0.05, 0.1) is 15.3 Å². The molecule has 0 saturated heterocycles. The summed E-state index contributed by atoms with van der Waals surface area (Å²) >= 11 is 11.9. The smallest absolute Gasteiger partial charge is 0.150 e. The van der Waals surface area contributed by atoms with Gasteiger partial charge < -0.3 is 5.73 Å². The highest BCUT2D eigenvalue weighted by molar-refractivity contribution is 7.91. The molecule has 1 saturated carbocycles. The minimum atomic E-state index is -2.99. The van der Waals surface area contributed by atoms with Gasteiger partial charge in [0, 0.05) is 12.3 Å². The van der Waals surface area contributed by atoms with E-state index in [9.17, 15) is 8.42 Å². The van der Waals surface area contributed by atoms with Gasteiger partial charge in [0.2, 0.25) is 0 Å². The lowest BCUT2D eigenvalue weighted by Crippen LogP contribution is -2.32. The number of hydrogen-bond donors (Lipinski definition) is 1. The van der Waals surface area contributed by atoms with E-state index in [1.54, 1.807) is 12.1 Å². The third-order valence-corrected chi connectivity index (χ3v) is 6.49. The summed E-state index contributed by atoms with van der Waals surface area (Å²) in [5, 5.41) is 0.713. The van der Waals surface area contributed by atoms with Crippen LogP contribution in [0.2, 0.25) is 10.0 Å². The molecule has 1 aromatic rings. The zero-order valence-corrected chi connectivity index (χ0v) is 13.7. The zero-order valence-electron chi connectivity index (χ0n) is 11.4. The minimum absolute atomic E-state index is 0.167. The number of hydrogen-bond acceptors (Lipinski definition) is 3. The van der Waals surface area contributed by atoms with Gasteiger partial charge in [-0.25, -0.2) is 8.42 Å². The molecule has 0 heterocycles. The summed E-state index contributed by atoms with van der Waals surface area (Å²) in [6.45, 7) is 0. The summed E-state index contributed by atoms with van der Waals surface area (Å²) in [5.41, 5.74) is 7.21. The van der Waals surface area contributed by atoms with Gasteiger partial charge in [-0.2, -0.15) is 0 Å². The molecule has 112 valence electrons. The average molecular weight is 336 g/mol. The van der Waals surface area contributed by atoms with Crippen molar-refractivity contribution in [3.8, 4) is 0 Å². The Labute approximate surface area is 130 Å². The molecule has 1 aliphatic carbocycles. The number of rotatable bonds is 3. The van der Waals surface area contributed by atoms with Crippen LogP contribution in [-0.2, 0) is 9.84 Å². The highest BCUT2D eigenvalue weighted by atomic mass is 35.5. The predicted molar refractivity (Wildman–Crippen MR) is 84.0 cm³/mol. The van der Waals surface area contributed by atoms with Crippen LogP contribution in [0.3, 0.4) is 0 Å². The first kappa shape index (κ1) is 16.1. The van der Waals surface area contributed by atoms with Crippen molar-refractivity contribution in [2.45, 2.75) is 37.0 Å². The molecule has 6 heteroatoms. The fraction of sp³-hybridized carbons (Fsp3) is 0.571. The Morgan fingerprint density at radius 3 is 2.55 bits per heavy atom. The normalized spacial score (nSPS) is 25.4. The third-order valence-electron chi connectivity index (χ3n) is 4.11. The van der Waals surface area contributed by atoms with Gasteiger partial charge in [0.25, 0.3) is 0 Å². The van der Waals surface area contributed by atoms with Crippen molar-refractivity contribution in [1.29, 1.82) is 0 Å². The Bertz CT molecular complexity index is 589. The highest BCUT2D eigenvalue weighted by Crippen LogP contribution is 2.36. The monoisotopic (exact) mass is 335 g/mol. The van der Waals surface area contributed by atoms with Gasteiger partial charge in [-0.05, 0) is 42.9 Å². The van der Waals surface area contributed by atoms with E-state index < -0.39 is 9.84 Å². The maximum absolute atomic E-state index is 11.7. The fourth-order valence-corrected chi connectivity index (χ4v) is 4.39. The van der Waals surface area contributed by atoms with Crippen LogP contribution >= 0.6 is 23.2 Å². The van der Waals surface area contributed by atoms with Crippen LogP contribution in [0.4, 0.5) is 0 Å². The van der Waals surface area contributed by atoms with Crippen LogP contribution in [-0.4, -0.2) is 19.9 Å². The number of sulfone groups is 1. The van der Waals surface area contributed by atoms with Crippen LogP contribution in [0.25, 0.3) is 0 Å². The minimum Gasteiger partial charge on any atom is -0.324 e. The van der Waals surface area contributed by atoms with E-state index in [0.29, 0.717) is 16.5 Å². The average Bonchev–Trinajstić information content (AvgIpc) is 2.40. The number of nitrogens with two attached hydrogens (primary N) is 1. The van der Waals surface area contributed by atoms with E-state index in [1.165, 1.54) is 6.26 Å². The molecule has 1 aliphatic rings. The molecular formula is C14H19Cl2NO2S. The van der Waals surface area contributed by atoms with Gasteiger partial charge in [-0.3, -0.25) is 0 Å². The van der Waals surface area contributed by atoms with Crippen molar-refractivity contribution in [2.24, 2.45) is 11.7 Å². The van der Waals surface area contributed by atoms with E-state index in [1.807, 2.05) is 6.07 Å². The summed E-state index contributed by atoms with van der Waals surface area (Å²) in [6, 6.07) is 5.17. The van der Waals surface area contributed by atoms with Crippen molar-refractivity contribution in [1.82, 2.24) is 0 Å². The first-order chi connectivity index (χ1) is 9.29. The van der Waals surface area contributed by atoms with Crippen molar-refractivity contribution in [2.75, 3.05) is 6.26 Å². The first-order valence-electron chi connectivity index (χ1n) is 6.68. The molecular weight excluding hydrogens is 317 g/mol. The van der Waals surface area contributed by atoms with Gasteiger partial charge in [-0.15, -0.1) is 0 Å². The van der Waals surface area contributed by atoms with Crippen molar-refractivity contribution >= 4 is 33.0 Å². The molecule has 0 radical (unpaired) electrons. The van der Waals surface area contributed by atoms with E-state index >= 15 is 0 Å². The van der Waals surface area contributed by atoms with Crippen LogP contribution in [0.15, 0.2) is 18.2 Å². The number of benzene rings is 1. The molecule has 0 aliphatic heterocycles. The second kappa shape index (κ2) is 6.22. The SMILES string of the molecule is CS(=O)(=O)C1CCCC(C(N)c2ccc(Cl)c(Cl)c2)C1. The fourth-order valence-electron chi connectivity index (χ4n) is 2.89. The molecule has 0 bridgehead atoms. The van der Waals surface area contributed by atoms with Gasteiger partial charge >= 0.3 is 0 Å². The van der Waals surface area contributed by atoms with Crippen LogP contribution < -0.4 is 5.73 Å². The molecule has 1 fully saturated rings. The van der Waals surface area contributed by atoms with E-state index in [-0.39, 0.29) is 17.2 Å². The standard InChI is InChI=1S/C14H19Cl2NO2S/c1-20(18,19)11-4-2-3-9(7-11)14(17)10-5-6-12(15)13(16)8-10/h5-6,8-9,11,14H,2-4,7,17H2,1H3. The summed E-state index contributed by atoms with van der Waals surface area (Å²) in [4.78, 5) is 0. The zero-order chi connectivity index (χ0) is 14.9. The summed E-state index contributed by atoms with van der Waals surface area (Å²) < 4.78 is 23.4. The van der Waals surface area contributed by atoms with Gasteiger partial charge in [-0.1, -0.05) is 35.7 Å². The molecule has 3 nitrogen and oxygen atoms in total. The van der Waals surface area contributed by atoms with E-state index in [2.05, 4.69) is 0 Å². The largest absolute Gasteiger partial charge is 0.324 e. The molecule has 0 amide bonds. The van der Waals surface area contributed by atoms with Crippen molar-refractivity contribution in [3.63, 3.8) is 0 Å². The number of halogens is 2. The summed E-state index contributed by atoms with van der Waals surface area (Å²) in [6.07, 6.45) is 4.53. The second-order valence-electron chi connectivity index (χ2n) is 5.58. The Morgan fingerprint density at radius 1 is 1.25 bits per heavy atom. The lowest BCUT2D eigenvalue weighted by atomic mass is 9.81. The molecule has 3 unspecified atom stereocenters. The maximum atomic E-state index is 11.7. The molecule has 2 N–H and O–H groups in total. The Hall–Kier alpha value is -0.290. The van der Waals surface area contributed by atoms with Crippen LogP contribution in [0, 0.1) is 5.92 Å². The Kier molecular flexibility index (Phi) is 5.00. The highest BCUT2D eigenvalue weighted by Gasteiger charge is 2.32. The first-order valence-corrected chi connectivity index (χ1v) is 9.39. The van der Waals surface area contributed by atoms with Crippen molar-refractivity contribution < 1.29 is 8.42 Å². The lowest BCUT2D eigenvalue weighted by molar-refractivity contribution is 0.309. The van der Waals surface area contributed by atoms with E-state index in [4.69, 9.17) is 28.9 Å². The van der Waals surface area contributed by atoms with Crippen LogP contribution in [0.1, 0.15) is 37.3 Å². The second-order valence-corrected chi connectivity index (χ2v) is 8.72. The van der Waals surface area contributed by atoms with Gasteiger partial charge in [0.15, 0.2) is 0 Å². The Balaban J connectivity index is 2.16. The molecule has 0 aromatic heterocycles. The quantitative estimate of drug-likeness (QED) is 0.917. The lowest BCUT2D eigenvalue weighted by Gasteiger charge is -2.32. The third kappa shape index (κ3) is 3.67. The Morgan fingerprint density at radius 2 is 1.95 bits per heavy atom. The van der Waals surface area contributed by atoms with Crippen molar-refractivity contribution in [3.05, 3.63) is 33.8 Å². The summed E-state index contributed by atoms with van der Waals surface area (Å²) in [7, 11) is -2.99. The summed E-state index contributed by atoms with van der Waals surface area (Å²) in [5.74, 6) is 0.167. The van der Waals surface area contributed by atoms with Gasteiger partial charge in [0.1, 0.15) is 9.84 Å².